The van der Waals surface area contributed by atoms with E-state index < -0.39 is 65.4 Å². The first-order valence-electron chi connectivity index (χ1n) is 51.1. The van der Waals surface area contributed by atoms with E-state index in [1.165, 1.54) is 83.6 Å². The summed E-state index contributed by atoms with van der Waals surface area (Å²) in [5.41, 5.74) is -4.38. The average Bonchev–Trinajstić information content (AvgIpc) is 0.814. The number of hydrogen-bond donors (Lipinski definition) is 4. The van der Waals surface area contributed by atoms with Gasteiger partial charge in [-0.2, -0.15) is 47.9 Å². The summed E-state index contributed by atoms with van der Waals surface area (Å²) in [4.78, 5) is 63.0. The molecular formula is C111H242BF3N2O16S4SiSn. The van der Waals surface area contributed by atoms with Gasteiger partial charge in [-0.25, -0.2) is 0 Å². The van der Waals surface area contributed by atoms with Crippen LogP contribution in [0.1, 0.15) is 439 Å². The molecule has 0 heterocycles. The van der Waals surface area contributed by atoms with Crippen LogP contribution in [0.4, 0.5) is 13.2 Å². The summed E-state index contributed by atoms with van der Waals surface area (Å²) in [6.07, 6.45) is 24.8. The number of rotatable bonds is 28. The molecule has 18 nitrogen and oxygen atoms in total. The fourth-order valence-electron chi connectivity index (χ4n) is 5.06. The zero-order valence-corrected chi connectivity index (χ0v) is 110. The van der Waals surface area contributed by atoms with E-state index in [4.69, 9.17) is 33.3 Å². The molecule has 0 atom stereocenters. The Morgan fingerprint density at radius 3 is 0.827 bits per heavy atom. The van der Waals surface area contributed by atoms with Gasteiger partial charge in [0.05, 0.1) is 30.6 Å². The summed E-state index contributed by atoms with van der Waals surface area (Å²) in [6, 6.07) is 2.71. The van der Waals surface area contributed by atoms with Crippen LogP contribution in [-0.2, 0) is 62.1 Å². The summed E-state index contributed by atoms with van der Waals surface area (Å²) < 4.78 is 93.9. The molecule has 0 aromatic rings. The van der Waals surface area contributed by atoms with Gasteiger partial charge >= 0.3 is 137 Å². The van der Waals surface area contributed by atoms with Crippen molar-refractivity contribution >= 4 is 113 Å². The molecule has 0 aromatic heterocycles. The molecule has 139 heavy (non-hydrogen) atoms. The second-order valence-corrected chi connectivity index (χ2v) is 70.0. The van der Waals surface area contributed by atoms with Gasteiger partial charge in [0.15, 0.2) is 10.9 Å². The number of Topliss-reactive ketones (excluding diaryl/α,β-unsaturated/α-hetero) is 2. The number of hydrogen-bond acceptors (Lipinski definition) is 20. The number of aldehydes is 1. The number of nitrogens with zero attached hydrogens (tertiary/aromatic N) is 2. The van der Waals surface area contributed by atoms with Crippen LogP contribution < -0.4 is 0 Å². The van der Waals surface area contributed by atoms with Crippen LogP contribution >= 0.6 is 24.4 Å². The molecule has 3 N–H and O–H groups in total. The molecule has 0 fully saturated rings. The molecule has 0 aliphatic heterocycles. The molecule has 0 rings (SSSR count). The number of aliphatic hydroxyl groups is 1. The number of thiol groups is 1. The van der Waals surface area contributed by atoms with Gasteiger partial charge < -0.3 is 29.6 Å². The van der Waals surface area contributed by atoms with Crippen molar-refractivity contribution in [1.29, 1.82) is 5.26 Å². The van der Waals surface area contributed by atoms with Crippen molar-refractivity contribution < 1.29 is 87.0 Å². The monoisotopic (exact) mass is 2200 g/mol. The average molecular weight is 2200 g/mol. The minimum atomic E-state index is -5.40. The van der Waals surface area contributed by atoms with Crippen LogP contribution in [0.15, 0.2) is 25.3 Å². The van der Waals surface area contributed by atoms with Crippen LogP contribution in [0.2, 0.25) is 48.2 Å². The Labute approximate surface area is 884 Å². The van der Waals surface area contributed by atoms with Gasteiger partial charge in [0.25, 0.3) is 10.1 Å². The molecule has 0 radical (unpaired) electrons. The number of unbranched alkanes of at least 4 members (excludes halogenated alkanes) is 3. The topological polar surface area (TPSA) is 286 Å². The Hall–Kier alpha value is -2.86. The number of nitriles is 1. The number of ether oxygens (including phenoxy) is 1. The standard InChI is InChI=1S/C7H12O.C7H10O.C6H16Si.C5H13N.C5H10O2.C5H10OS.C5H10O.C5H12.C5H10.C5H8.C4H7F3O3S.C4H7N.C4H10O3S.C4H8O.4C4H10.3C4H9.C3H9BO2.C3H8O.C3H8S.C3H7.Sn/c2*1-4-7(8)5-6(2)3;1-6(2)7(3,4)5;1-5(2)6(3)4;2*1-4(2)7-5(3)6;1-4(2)5(3)6;3*1-4-5(2)3;1-3(2)10-11(8,9)4(5,6)7;1-4(2)3-5;1-4(2)7-8(3,5)6;1-4(2)3-5;4*1-4(2)3;3*1-3-4-2;1-3(2)4(5)6;2*1-3(2)4;1-3-2;/h4,6H,1,5H2,2-3H3;1,6H,5H2,2-3H3;6H,1-5H3;5H,1-4H3;2*4H,1-3H3;4H,1-3H3;5H,4H2,1-3H3;4-5H,1H2,2-3H3;1,5H,2-3H3;3H,1-2H3;4H,1-2H3;4H,1-3H3;3-4H,1-2H3;4*4H,1-3H3;3*1,3-4H2,2H3;3,5-6H,1-2H3;2*3-4H,1-2H3;3H,1-2H3;. The van der Waals surface area contributed by atoms with Crippen LogP contribution in [0.3, 0.4) is 0 Å². The Bertz CT molecular complexity index is 2750. The Kier molecular flexibility index (Phi) is 180. The second-order valence-electron chi connectivity index (χ2n) is 42.9. The summed E-state index contributed by atoms with van der Waals surface area (Å²) in [7, 11) is -6.35. The number of aliphatic hydroxyl groups excluding tert-OH is 1. The van der Waals surface area contributed by atoms with Crippen LogP contribution in [-0.4, -0.2) is 172 Å². The minimum absolute atomic E-state index is 0.0255. The van der Waals surface area contributed by atoms with Crippen LogP contribution in [0.25, 0.3) is 0 Å². The number of halogens is 3. The van der Waals surface area contributed by atoms with Crippen LogP contribution in [0, 0.1) is 107 Å². The fraction of sp³-hybridized carbons (Fsp3) is 0.865. The molecule has 0 aromatic carbocycles. The summed E-state index contributed by atoms with van der Waals surface area (Å²) in [5, 5.41) is 33.5. The Morgan fingerprint density at radius 2 is 0.784 bits per heavy atom. The number of esters is 1. The molecule has 0 amide bonds. The van der Waals surface area contributed by atoms with Crippen molar-refractivity contribution in [2.45, 2.75) is 533 Å². The first-order valence-corrected chi connectivity index (χ1v) is 67.0. The van der Waals surface area contributed by atoms with Gasteiger partial charge in [-0.15, -0.1) is 25.3 Å². The molecule has 0 aliphatic carbocycles. The third-order valence-electron chi connectivity index (χ3n) is 14.0. The Balaban J connectivity index is -0.0000000522. The van der Waals surface area contributed by atoms with Gasteiger partial charge in [0, 0.05) is 75.8 Å². The maximum absolute atomic E-state index is 11.5. The first-order chi connectivity index (χ1) is 61.9. The van der Waals surface area contributed by atoms with Gasteiger partial charge in [-0.1, -0.05) is 298 Å². The van der Waals surface area contributed by atoms with E-state index in [0.717, 1.165) is 51.6 Å². The van der Waals surface area contributed by atoms with E-state index in [1.807, 2.05) is 137 Å². The van der Waals surface area contributed by atoms with Gasteiger partial charge in [-0.3, -0.25) is 32.3 Å². The maximum atomic E-state index is 11.5. The number of thioether (sulfide) groups is 1. The van der Waals surface area contributed by atoms with Gasteiger partial charge in [0.2, 0.25) is 5.78 Å². The number of ketones is 3. The molecule has 0 saturated carbocycles. The number of terminal acetylenes is 2. The fourth-order valence-corrected chi connectivity index (χ4v) is 23.2. The molecule has 848 valence electrons. The third-order valence-corrected chi connectivity index (χ3v) is 38.8. The van der Waals surface area contributed by atoms with Crippen molar-refractivity contribution in [3.8, 4) is 30.8 Å². The molecule has 0 bridgehead atoms. The normalized spacial score (nSPS) is 10.2. The number of allylic oxidation sites excluding steroid dienone is 2. The van der Waals surface area contributed by atoms with Crippen molar-refractivity contribution in [2.24, 2.45) is 71.0 Å². The Morgan fingerprint density at radius 1 is 0.547 bits per heavy atom. The van der Waals surface area contributed by atoms with Crippen molar-refractivity contribution in [3.05, 3.63) is 25.3 Å². The van der Waals surface area contributed by atoms with Crippen molar-refractivity contribution in [2.75, 3.05) is 20.4 Å². The number of alkyl halides is 3. The first kappa shape index (κ1) is 191. The molecule has 28 heteroatoms. The van der Waals surface area contributed by atoms with E-state index in [-0.39, 0.29) is 70.3 Å². The van der Waals surface area contributed by atoms with E-state index in [2.05, 4.69) is 269 Å². The quantitative estimate of drug-likeness (QED) is 0.00541. The molecule has 0 spiro atoms. The molecule has 0 saturated heterocycles. The zero-order chi connectivity index (χ0) is 118. The van der Waals surface area contributed by atoms with E-state index >= 15 is 0 Å². The van der Waals surface area contributed by atoms with Gasteiger partial charge in [0.1, 0.15) is 12.1 Å². The van der Waals surface area contributed by atoms with Crippen molar-refractivity contribution in [1.82, 2.24) is 4.90 Å². The zero-order valence-electron chi connectivity index (χ0n) is 103. The molecule has 0 unspecified atom stereocenters. The predicted molar refractivity (Wildman–Crippen MR) is 627 cm³/mol. The second kappa shape index (κ2) is 131. The van der Waals surface area contributed by atoms with E-state index in [0.29, 0.717) is 53.1 Å². The van der Waals surface area contributed by atoms with Gasteiger partial charge in [-0.05, 0) is 175 Å². The molecular weight excluding hydrogens is 1960 g/mol. The third kappa shape index (κ3) is 330. The SMILES string of the molecule is C#CC(=O)CC(C)C.C#CC(C)C.C=CC(=O)CC(C)C.C=CC(C)C.CC(=O)C(C)C.CC(=O)OC(C)C.CC(=O)SC(C)C.CC(C)B(O)O.CC(C)C.CC(C)C.CC(C)C.CC(C)C.CC(C)C#N.CC(C)C=O.CC(C)N(C)C.CC(C)O.CC(C)OS(=O)(=O)C(F)(F)F.CC(C)OS(C)(=O)=O.CC(C)S.CC(C)[Si](C)(C)C.CCC(C)C.CCC[CH2][Sn]([CH2]CCC)([CH2]CCC)[CH](C)C. The molecule has 0 aliphatic rings. The predicted octanol–water partition coefficient (Wildman–Crippen LogP) is 33.8. The van der Waals surface area contributed by atoms with E-state index in [1.54, 1.807) is 68.7 Å². The van der Waals surface area contributed by atoms with E-state index in [9.17, 15) is 58.8 Å². The summed E-state index contributed by atoms with van der Waals surface area (Å²) in [6.45, 7) is 124. The summed E-state index contributed by atoms with van der Waals surface area (Å²) >= 11 is 3.59. The number of carbonyl (C=O) groups is 6. The summed E-state index contributed by atoms with van der Waals surface area (Å²) in [5.74, 6) is 11.4. The van der Waals surface area contributed by atoms with Crippen LogP contribution in [0.5, 0.6) is 0 Å². The van der Waals surface area contributed by atoms with Crippen molar-refractivity contribution in [3.63, 3.8) is 0 Å². The number of carbonyl (C=O) groups excluding carboxylic acids is 6.